The van der Waals surface area contributed by atoms with Crippen molar-refractivity contribution in [2.75, 3.05) is 47.5 Å². The minimum Gasteiger partial charge on any atom is -0.493 e. The van der Waals surface area contributed by atoms with Crippen molar-refractivity contribution < 1.29 is 19.0 Å². The summed E-state index contributed by atoms with van der Waals surface area (Å²) in [5.74, 6) is 1.53. The molecule has 1 heterocycles. The fraction of sp³-hybridized carbons (Fsp3) is 0.588. The molecule has 2 aliphatic rings. The molecule has 1 saturated carbocycles. The van der Waals surface area contributed by atoms with Crippen LogP contribution in [-0.2, 0) is 0 Å². The van der Waals surface area contributed by atoms with Crippen LogP contribution in [0.1, 0.15) is 23.2 Å². The molecule has 0 atom stereocenters. The number of rotatable bonds is 5. The number of ether oxygens (including phenoxy) is 3. The van der Waals surface area contributed by atoms with Gasteiger partial charge in [-0.15, -0.1) is 0 Å². The van der Waals surface area contributed by atoms with E-state index in [4.69, 9.17) is 14.2 Å². The maximum Gasteiger partial charge on any atom is 0.254 e. The maximum atomic E-state index is 12.8. The van der Waals surface area contributed by atoms with Crippen LogP contribution in [0.25, 0.3) is 0 Å². The van der Waals surface area contributed by atoms with Gasteiger partial charge in [-0.1, -0.05) is 0 Å². The van der Waals surface area contributed by atoms with Crippen molar-refractivity contribution in [1.82, 2.24) is 9.80 Å². The highest BCUT2D eigenvalue weighted by Gasteiger charge is 2.32. The van der Waals surface area contributed by atoms with Crippen molar-refractivity contribution in [2.24, 2.45) is 0 Å². The Morgan fingerprint density at radius 2 is 1.52 bits per heavy atom. The summed E-state index contributed by atoms with van der Waals surface area (Å²) < 4.78 is 16.0. The second-order valence-electron chi connectivity index (χ2n) is 5.97. The second kappa shape index (κ2) is 6.66. The average Bonchev–Trinajstić information content (AvgIpc) is 3.45. The van der Waals surface area contributed by atoms with E-state index in [1.54, 1.807) is 33.5 Å². The van der Waals surface area contributed by atoms with E-state index in [-0.39, 0.29) is 5.91 Å². The highest BCUT2D eigenvalue weighted by atomic mass is 16.5. The second-order valence-corrected chi connectivity index (χ2v) is 5.97. The summed E-state index contributed by atoms with van der Waals surface area (Å²) in [5.41, 5.74) is 0.569. The van der Waals surface area contributed by atoms with Gasteiger partial charge in [0.05, 0.1) is 21.3 Å². The number of hydrogen-bond acceptors (Lipinski definition) is 5. The molecule has 0 radical (unpaired) electrons. The molecular weight excluding hydrogens is 296 g/mol. The minimum atomic E-state index is 0.0136. The molecule has 0 N–H and O–H groups in total. The smallest absolute Gasteiger partial charge is 0.254 e. The van der Waals surface area contributed by atoms with Crippen LogP contribution in [-0.4, -0.2) is 69.3 Å². The third-order valence-electron chi connectivity index (χ3n) is 4.58. The van der Waals surface area contributed by atoms with Gasteiger partial charge in [0.25, 0.3) is 5.91 Å². The lowest BCUT2D eigenvalue weighted by Crippen LogP contribution is -2.49. The Bertz CT molecular complexity index is 553. The molecule has 1 aliphatic carbocycles. The van der Waals surface area contributed by atoms with E-state index < -0.39 is 0 Å². The zero-order valence-corrected chi connectivity index (χ0v) is 14.0. The van der Waals surface area contributed by atoms with Crippen LogP contribution in [0.5, 0.6) is 17.2 Å². The van der Waals surface area contributed by atoms with Gasteiger partial charge in [0.2, 0.25) is 5.75 Å². The molecule has 1 amide bonds. The van der Waals surface area contributed by atoms with Gasteiger partial charge in [-0.3, -0.25) is 9.69 Å². The SMILES string of the molecule is COc1cc(C(=O)N2CCN(C3CC3)CC2)cc(OC)c1OC. The number of piperazine rings is 1. The summed E-state index contributed by atoms with van der Waals surface area (Å²) in [7, 11) is 4.67. The lowest BCUT2D eigenvalue weighted by Gasteiger charge is -2.35. The lowest BCUT2D eigenvalue weighted by molar-refractivity contribution is 0.0626. The van der Waals surface area contributed by atoms with Crippen molar-refractivity contribution in [3.05, 3.63) is 17.7 Å². The van der Waals surface area contributed by atoms with E-state index in [1.165, 1.54) is 12.8 Å². The van der Waals surface area contributed by atoms with E-state index in [0.29, 0.717) is 22.8 Å². The molecule has 1 aromatic carbocycles. The number of carbonyl (C=O) groups excluding carboxylic acids is 1. The van der Waals surface area contributed by atoms with Crippen LogP contribution in [0.2, 0.25) is 0 Å². The molecule has 126 valence electrons. The quantitative estimate of drug-likeness (QED) is 0.825. The van der Waals surface area contributed by atoms with E-state index in [0.717, 1.165) is 32.2 Å². The summed E-state index contributed by atoms with van der Waals surface area (Å²) in [6.07, 6.45) is 2.61. The van der Waals surface area contributed by atoms with Crippen molar-refractivity contribution in [1.29, 1.82) is 0 Å². The first kappa shape index (κ1) is 15.9. The number of nitrogens with zero attached hydrogens (tertiary/aromatic N) is 2. The fourth-order valence-corrected chi connectivity index (χ4v) is 3.12. The highest BCUT2D eigenvalue weighted by molar-refractivity contribution is 5.95. The standard InChI is InChI=1S/C17H24N2O4/c1-21-14-10-12(11-15(22-2)16(14)23-3)17(20)19-8-6-18(7-9-19)13-4-5-13/h10-11,13H,4-9H2,1-3H3. The molecule has 0 bridgehead atoms. The molecule has 0 unspecified atom stereocenters. The van der Waals surface area contributed by atoms with Gasteiger partial charge in [-0.2, -0.15) is 0 Å². The Labute approximate surface area is 136 Å². The van der Waals surface area contributed by atoms with Crippen LogP contribution < -0.4 is 14.2 Å². The monoisotopic (exact) mass is 320 g/mol. The molecule has 3 rings (SSSR count). The highest BCUT2D eigenvalue weighted by Crippen LogP contribution is 2.38. The molecule has 6 nitrogen and oxygen atoms in total. The Kier molecular flexibility index (Phi) is 4.61. The summed E-state index contributed by atoms with van der Waals surface area (Å²) in [6, 6.07) is 4.20. The molecule has 0 aromatic heterocycles. The largest absolute Gasteiger partial charge is 0.493 e. The molecule has 0 spiro atoms. The predicted octanol–water partition coefficient (Wildman–Crippen LogP) is 1.63. The summed E-state index contributed by atoms with van der Waals surface area (Å²) >= 11 is 0. The summed E-state index contributed by atoms with van der Waals surface area (Å²) in [5, 5.41) is 0. The van der Waals surface area contributed by atoms with Gasteiger partial charge in [0, 0.05) is 37.8 Å². The van der Waals surface area contributed by atoms with Gasteiger partial charge in [-0.05, 0) is 25.0 Å². The maximum absolute atomic E-state index is 12.8. The van der Waals surface area contributed by atoms with E-state index in [2.05, 4.69) is 4.90 Å². The van der Waals surface area contributed by atoms with Crippen LogP contribution in [0.3, 0.4) is 0 Å². The van der Waals surface area contributed by atoms with Crippen molar-refractivity contribution in [3.8, 4) is 17.2 Å². The zero-order valence-electron chi connectivity index (χ0n) is 14.0. The van der Waals surface area contributed by atoms with Gasteiger partial charge in [0.15, 0.2) is 11.5 Å². The van der Waals surface area contributed by atoms with Crippen molar-refractivity contribution in [3.63, 3.8) is 0 Å². The molecule has 1 saturated heterocycles. The van der Waals surface area contributed by atoms with Crippen molar-refractivity contribution >= 4 is 5.91 Å². The van der Waals surface area contributed by atoms with Crippen LogP contribution in [0.4, 0.5) is 0 Å². The normalized spacial score (nSPS) is 18.7. The van der Waals surface area contributed by atoms with Gasteiger partial charge in [0.1, 0.15) is 0 Å². The van der Waals surface area contributed by atoms with E-state index in [1.807, 2.05) is 4.90 Å². The molecule has 1 aromatic rings. The topological polar surface area (TPSA) is 51.2 Å². The Balaban J connectivity index is 1.76. The Hall–Kier alpha value is -1.95. The van der Waals surface area contributed by atoms with E-state index in [9.17, 15) is 4.79 Å². The summed E-state index contributed by atoms with van der Waals surface area (Å²) in [6.45, 7) is 3.46. The first-order valence-corrected chi connectivity index (χ1v) is 8.01. The number of carbonyl (C=O) groups is 1. The number of hydrogen-bond donors (Lipinski definition) is 0. The number of methoxy groups -OCH3 is 3. The van der Waals surface area contributed by atoms with Crippen molar-refractivity contribution in [2.45, 2.75) is 18.9 Å². The van der Waals surface area contributed by atoms with E-state index >= 15 is 0 Å². The number of benzene rings is 1. The molecule has 23 heavy (non-hydrogen) atoms. The third-order valence-corrected chi connectivity index (χ3v) is 4.58. The minimum absolute atomic E-state index is 0.0136. The van der Waals surface area contributed by atoms with Crippen LogP contribution in [0.15, 0.2) is 12.1 Å². The van der Waals surface area contributed by atoms with Gasteiger partial charge >= 0.3 is 0 Å². The number of amides is 1. The zero-order chi connectivity index (χ0) is 16.4. The third kappa shape index (κ3) is 3.22. The van der Waals surface area contributed by atoms with Crippen LogP contribution >= 0.6 is 0 Å². The molecular formula is C17H24N2O4. The Morgan fingerprint density at radius 3 is 1.96 bits per heavy atom. The Morgan fingerprint density at radius 1 is 0.957 bits per heavy atom. The van der Waals surface area contributed by atoms with Gasteiger partial charge in [-0.25, -0.2) is 0 Å². The average molecular weight is 320 g/mol. The lowest BCUT2D eigenvalue weighted by atomic mass is 10.1. The predicted molar refractivity (Wildman–Crippen MR) is 86.6 cm³/mol. The molecule has 1 aliphatic heterocycles. The first-order valence-electron chi connectivity index (χ1n) is 8.01. The first-order chi connectivity index (χ1) is 11.2. The summed E-state index contributed by atoms with van der Waals surface area (Å²) in [4.78, 5) is 17.2. The van der Waals surface area contributed by atoms with Crippen LogP contribution in [0, 0.1) is 0 Å². The van der Waals surface area contributed by atoms with Gasteiger partial charge < -0.3 is 19.1 Å². The molecule has 6 heteroatoms. The molecule has 2 fully saturated rings. The fourth-order valence-electron chi connectivity index (χ4n) is 3.12.